The molecule has 25 heavy (non-hydrogen) atoms. The number of nitrogens with one attached hydrogen (secondary N) is 1. The number of halogens is 1. The van der Waals surface area contributed by atoms with Crippen molar-refractivity contribution in [1.82, 2.24) is 4.31 Å². The van der Waals surface area contributed by atoms with Gasteiger partial charge < -0.3 is 10.1 Å². The van der Waals surface area contributed by atoms with Crippen molar-refractivity contribution in [3.05, 3.63) is 40.7 Å². The third kappa shape index (κ3) is 4.94. The fourth-order valence-corrected chi connectivity index (χ4v) is 5.32. The molecule has 0 atom stereocenters. The summed E-state index contributed by atoms with van der Waals surface area (Å²) in [5, 5.41) is 2.69. The Bertz CT molecular complexity index is 836. The van der Waals surface area contributed by atoms with E-state index >= 15 is 0 Å². The summed E-state index contributed by atoms with van der Waals surface area (Å²) in [7, 11) is -2.27. The van der Waals surface area contributed by atoms with Crippen molar-refractivity contribution in [3.8, 4) is 5.75 Å². The molecule has 2 aromatic rings. The summed E-state index contributed by atoms with van der Waals surface area (Å²) in [5.41, 5.74) is 0.489. The Kier molecular flexibility index (Phi) is 6.83. The molecule has 1 N–H and O–H groups in total. The molecule has 0 radical (unpaired) electrons. The minimum absolute atomic E-state index is 0.121. The Morgan fingerprint density at radius 3 is 2.60 bits per heavy atom. The number of sulfonamides is 1. The van der Waals surface area contributed by atoms with E-state index in [2.05, 4.69) is 5.32 Å². The molecular weight excluding hydrogens is 384 g/mol. The summed E-state index contributed by atoms with van der Waals surface area (Å²) >= 11 is 6.81. The number of thiophene rings is 1. The number of rotatable bonds is 8. The predicted octanol–water partition coefficient (Wildman–Crippen LogP) is 3.45. The first-order chi connectivity index (χ1) is 11.9. The summed E-state index contributed by atoms with van der Waals surface area (Å²) in [5.74, 6) is 0.0648. The molecule has 0 unspecified atom stereocenters. The lowest BCUT2D eigenvalue weighted by molar-refractivity contribution is -0.116. The Balaban J connectivity index is 2.17. The minimum Gasteiger partial charge on any atom is -0.495 e. The highest BCUT2D eigenvalue weighted by Gasteiger charge is 2.27. The number of carbonyl (C=O) groups is 1. The van der Waals surface area contributed by atoms with Crippen LogP contribution in [0, 0.1) is 0 Å². The number of anilines is 1. The van der Waals surface area contributed by atoms with E-state index in [0.717, 1.165) is 15.6 Å². The van der Waals surface area contributed by atoms with Gasteiger partial charge in [0, 0.05) is 6.54 Å². The summed E-state index contributed by atoms with van der Waals surface area (Å²) in [6.45, 7) is 1.79. The van der Waals surface area contributed by atoms with Crippen LogP contribution in [0.1, 0.15) is 13.3 Å². The lowest BCUT2D eigenvalue weighted by Crippen LogP contribution is -2.38. The van der Waals surface area contributed by atoms with Crippen LogP contribution in [0.15, 0.2) is 40.6 Å². The highest BCUT2D eigenvalue weighted by atomic mass is 35.5. The molecule has 0 saturated heterocycles. The van der Waals surface area contributed by atoms with Crippen molar-refractivity contribution in [3.63, 3.8) is 0 Å². The van der Waals surface area contributed by atoms with E-state index in [4.69, 9.17) is 16.3 Å². The predicted molar refractivity (Wildman–Crippen MR) is 100 cm³/mol. The highest BCUT2D eigenvalue weighted by Crippen LogP contribution is 2.28. The summed E-state index contributed by atoms with van der Waals surface area (Å²) < 4.78 is 32.3. The van der Waals surface area contributed by atoms with Crippen LogP contribution in [0.25, 0.3) is 0 Å². The second-order valence-electron chi connectivity index (χ2n) is 5.15. The first kappa shape index (κ1) is 19.7. The Hall–Kier alpha value is -1.61. The van der Waals surface area contributed by atoms with Crippen molar-refractivity contribution < 1.29 is 17.9 Å². The Labute approximate surface area is 156 Å². The zero-order valence-corrected chi connectivity index (χ0v) is 16.2. The number of nitrogens with zero attached hydrogens (tertiary/aromatic N) is 1. The van der Waals surface area contributed by atoms with Gasteiger partial charge in [-0.15, -0.1) is 11.3 Å². The van der Waals surface area contributed by atoms with Gasteiger partial charge in [-0.25, -0.2) is 8.42 Å². The molecule has 0 bridgehead atoms. The summed E-state index contributed by atoms with van der Waals surface area (Å²) in [6.07, 6.45) is 0.584. The van der Waals surface area contributed by atoms with Gasteiger partial charge in [0.25, 0.3) is 10.0 Å². The number of para-hydroxylation sites is 2. The summed E-state index contributed by atoms with van der Waals surface area (Å²) in [4.78, 5) is 12.4. The van der Waals surface area contributed by atoms with Crippen LogP contribution in [-0.4, -0.2) is 38.8 Å². The molecular formula is C16H19ClN2O4S2. The number of hydrogen-bond acceptors (Lipinski definition) is 5. The SMILES string of the molecule is CCCN(CC(=O)Nc1ccccc1OC)S(=O)(=O)c1ccc(Cl)s1. The topological polar surface area (TPSA) is 75.7 Å². The second kappa shape index (κ2) is 8.66. The van der Waals surface area contributed by atoms with Crippen LogP contribution >= 0.6 is 22.9 Å². The quantitative estimate of drug-likeness (QED) is 0.733. The van der Waals surface area contributed by atoms with Gasteiger partial charge in [0.15, 0.2) is 0 Å². The number of ether oxygens (including phenoxy) is 1. The third-order valence-electron chi connectivity index (χ3n) is 3.32. The highest BCUT2D eigenvalue weighted by molar-refractivity contribution is 7.91. The van der Waals surface area contributed by atoms with Crippen LogP contribution in [-0.2, 0) is 14.8 Å². The maximum absolute atomic E-state index is 12.7. The monoisotopic (exact) mass is 402 g/mol. The van der Waals surface area contributed by atoms with Crippen molar-refractivity contribution >= 4 is 44.6 Å². The molecule has 0 fully saturated rings. The molecule has 0 aliphatic heterocycles. The molecule has 0 saturated carbocycles. The maximum Gasteiger partial charge on any atom is 0.253 e. The zero-order valence-electron chi connectivity index (χ0n) is 13.9. The van der Waals surface area contributed by atoms with Crippen LogP contribution in [0.4, 0.5) is 5.69 Å². The molecule has 0 aliphatic carbocycles. The van der Waals surface area contributed by atoms with Crippen molar-refractivity contribution in [1.29, 1.82) is 0 Å². The van der Waals surface area contributed by atoms with Gasteiger partial charge in [0.05, 0.1) is 23.7 Å². The average molecular weight is 403 g/mol. The second-order valence-corrected chi connectivity index (χ2v) is 9.03. The largest absolute Gasteiger partial charge is 0.495 e. The number of methoxy groups -OCH3 is 1. The van der Waals surface area contributed by atoms with Gasteiger partial charge in [-0.3, -0.25) is 4.79 Å². The van der Waals surface area contributed by atoms with E-state index in [1.54, 1.807) is 24.3 Å². The van der Waals surface area contributed by atoms with Crippen molar-refractivity contribution in [2.24, 2.45) is 0 Å². The van der Waals surface area contributed by atoms with Gasteiger partial charge in [-0.1, -0.05) is 30.7 Å². The van der Waals surface area contributed by atoms with E-state index in [1.165, 1.54) is 19.2 Å². The first-order valence-corrected chi connectivity index (χ1v) is 10.2. The minimum atomic E-state index is -3.77. The van der Waals surface area contributed by atoms with E-state index < -0.39 is 15.9 Å². The number of hydrogen-bond donors (Lipinski definition) is 1. The average Bonchev–Trinajstić information content (AvgIpc) is 3.02. The molecule has 2 rings (SSSR count). The first-order valence-electron chi connectivity index (χ1n) is 7.56. The molecule has 0 spiro atoms. The standard InChI is InChI=1S/C16H19ClN2O4S2/c1-3-10-19(25(21,22)16-9-8-14(17)24-16)11-15(20)18-12-6-4-5-7-13(12)23-2/h4-9H,3,10-11H2,1-2H3,(H,18,20). The van der Waals surface area contributed by atoms with E-state index in [1.807, 2.05) is 6.92 Å². The van der Waals surface area contributed by atoms with Gasteiger partial charge in [0.2, 0.25) is 5.91 Å². The Morgan fingerprint density at radius 2 is 2.00 bits per heavy atom. The van der Waals surface area contributed by atoms with Crippen molar-refractivity contribution in [2.45, 2.75) is 17.6 Å². The van der Waals surface area contributed by atoms with Gasteiger partial charge in [-0.05, 0) is 30.7 Å². The number of carbonyl (C=O) groups excluding carboxylic acids is 1. The van der Waals surface area contributed by atoms with Gasteiger partial charge in [-0.2, -0.15) is 4.31 Å². The van der Waals surface area contributed by atoms with E-state index in [9.17, 15) is 13.2 Å². The normalized spacial score (nSPS) is 11.5. The molecule has 1 aromatic heterocycles. The zero-order chi connectivity index (χ0) is 18.4. The van der Waals surface area contributed by atoms with Crippen LogP contribution < -0.4 is 10.1 Å². The fraction of sp³-hybridized carbons (Fsp3) is 0.312. The molecule has 1 aromatic carbocycles. The van der Waals surface area contributed by atoms with Crippen molar-refractivity contribution in [2.75, 3.05) is 25.5 Å². The molecule has 1 amide bonds. The van der Waals surface area contributed by atoms with E-state index in [-0.39, 0.29) is 17.3 Å². The maximum atomic E-state index is 12.7. The molecule has 9 heteroatoms. The third-order valence-corrected chi connectivity index (χ3v) is 6.86. The lowest BCUT2D eigenvalue weighted by atomic mass is 10.3. The van der Waals surface area contributed by atoms with Crippen LogP contribution in [0.5, 0.6) is 5.75 Å². The molecule has 0 aliphatic rings. The number of benzene rings is 1. The van der Waals surface area contributed by atoms with Gasteiger partial charge >= 0.3 is 0 Å². The van der Waals surface area contributed by atoms with Crippen LogP contribution in [0.2, 0.25) is 4.34 Å². The molecule has 136 valence electrons. The Morgan fingerprint density at radius 1 is 1.28 bits per heavy atom. The fourth-order valence-electron chi connectivity index (χ4n) is 2.20. The lowest BCUT2D eigenvalue weighted by Gasteiger charge is -2.20. The van der Waals surface area contributed by atoms with E-state index in [0.29, 0.717) is 22.2 Å². The molecule has 6 nitrogen and oxygen atoms in total. The smallest absolute Gasteiger partial charge is 0.253 e. The van der Waals surface area contributed by atoms with Gasteiger partial charge in [0.1, 0.15) is 9.96 Å². The molecule has 1 heterocycles. The van der Waals surface area contributed by atoms with Crippen LogP contribution in [0.3, 0.4) is 0 Å². The summed E-state index contributed by atoms with van der Waals surface area (Å²) in [6, 6.07) is 9.91. The number of amides is 1.